The van der Waals surface area contributed by atoms with E-state index in [1.165, 1.54) is 5.56 Å². The summed E-state index contributed by atoms with van der Waals surface area (Å²) < 4.78 is 7.09. The molecule has 1 saturated heterocycles. The van der Waals surface area contributed by atoms with E-state index in [-0.39, 0.29) is 5.91 Å². The Hall–Kier alpha value is -3.08. The highest BCUT2D eigenvalue weighted by Crippen LogP contribution is 2.24. The normalized spacial score (nSPS) is 14.7. The molecule has 29 heavy (non-hydrogen) atoms. The van der Waals surface area contributed by atoms with Crippen molar-refractivity contribution in [1.82, 2.24) is 14.5 Å². The molecule has 1 fully saturated rings. The SMILES string of the molecule is COc1ccc(CCC2CCN(C(=O)c3cncn3-c3ccccc3)CC2)cc1. The Kier molecular flexibility index (Phi) is 5.94. The van der Waals surface area contributed by atoms with Crippen molar-refractivity contribution in [2.75, 3.05) is 20.2 Å². The first-order valence-corrected chi connectivity index (χ1v) is 10.2. The number of aromatic nitrogens is 2. The summed E-state index contributed by atoms with van der Waals surface area (Å²) in [5.41, 5.74) is 2.94. The zero-order valence-electron chi connectivity index (χ0n) is 16.8. The first kappa shape index (κ1) is 19.2. The second-order valence-electron chi connectivity index (χ2n) is 7.61. The molecule has 150 valence electrons. The molecule has 2 heterocycles. The number of amides is 1. The molecule has 2 aromatic carbocycles. The number of likely N-dealkylation sites (tertiary alicyclic amines) is 1. The van der Waals surface area contributed by atoms with E-state index in [1.807, 2.05) is 51.9 Å². The maximum absolute atomic E-state index is 13.1. The number of nitrogens with zero attached hydrogens (tertiary/aromatic N) is 3. The molecule has 0 bridgehead atoms. The zero-order valence-corrected chi connectivity index (χ0v) is 16.8. The van der Waals surface area contributed by atoms with Crippen molar-refractivity contribution < 1.29 is 9.53 Å². The van der Waals surface area contributed by atoms with Crippen LogP contribution in [0.25, 0.3) is 5.69 Å². The largest absolute Gasteiger partial charge is 0.497 e. The minimum absolute atomic E-state index is 0.0694. The van der Waals surface area contributed by atoms with Gasteiger partial charge in [-0.15, -0.1) is 0 Å². The maximum atomic E-state index is 13.1. The predicted molar refractivity (Wildman–Crippen MR) is 114 cm³/mol. The van der Waals surface area contributed by atoms with Crippen LogP contribution in [0.5, 0.6) is 5.75 Å². The van der Waals surface area contributed by atoms with Crippen LogP contribution in [0.1, 0.15) is 35.3 Å². The number of rotatable bonds is 6. The lowest BCUT2D eigenvalue weighted by Crippen LogP contribution is -2.39. The van der Waals surface area contributed by atoms with Gasteiger partial charge in [-0.25, -0.2) is 4.98 Å². The van der Waals surface area contributed by atoms with Gasteiger partial charge in [0, 0.05) is 18.8 Å². The highest BCUT2D eigenvalue weighted by Gasteiger charge is 2.25. The minimum Gasteiger partial charge on any atom is -0.497 e. The molecule has 5 heteroatoms. The van der Waals surface area contributed by atoms with Crippen LogP contribution >= 0.6 is 0 Å². The standard InChI is InChI=1S/C24H27N3O2/c1-29-22-11-9-19(10-12-22)7-8-20-13-15-26(16-14-20)24(28)23-17-25-18-27(23)21-5-3-2-4-6-21/h2-6,9-12,17-18,20H,7-8,13-16H2,1H3. The Morgan fingerprint density at radius 1 is 1.07 bits per heavy atom. The summed E-state index contributed by atoms with van der Waals surface area (Å²) in [6, 6.07) is 18.2. The highest BCUT2D eigenvalue weighted by atomic mass is 16.5. The highest BCUT2D eigenvalue weighted by molar-refractivity contribution is 5.93. The number of aryl methyl sites for hydroxylation is 1. The van der Waals surface area contributed by atoms with Gasteiger partial charge in [-0.2, -0.15) is 0 Å². The molecule has 1 aliphatic heterocycles. The van der Waals surface area contributed by atoms with Crippen molar-refractivity contribution in [3.63, 3.8) is 0 Å². The van der Waals surface area contributed by atoms with E-state index < -0.39 is 0 Å². The third kappa shape index (κ3) is 4.50. The number of carbonyl (C=O) groups excluding carboxylic acids is 1. The molecular weight excluding hydrogens is 362 g/mol. The van der Waals surface area contributed by atoms with Gasteiger partial charge in [-0.3, -0.25) is 9.36 Å². The summed E-state index contributed by atoms with van der Waals surface area (Å²) in [5, 5.41) is 0. The van der Waals surface area contributed by atoms with Gasteiger partial charge in [0.25, 0.3) is 5.91 Å². The molecule has 3 aromatic rings. The monoisotopic (exact) mass is 389 g/mol. The van der Waals surface area contributed by atoms with Crippen molar-refractivity contribution in [2.45, 2.75) is 25.7 Å². The van der Waals surface area contributed by atoms with Crippen LogP contribution in [-0.2, 0) is 6.42 Å². The van der Waals surface area contributed by atoms with Gasteiger partial charge < -0.3 is 9.64 Å². The second-order valence-corrected chi connectivity index (χ2v) is 7.61. The molecule has 5 nitrogen and oxygen atoms in total. The summed E-state index contributed by atoms with van der Waals surface area (Å²) in [4.78, 5) is 19.2. The van der Waals surface area contributed by atoms with Crippen LogP contribution in [-0.4, -0.2) is 40.6 Å². The van der Waals surface area contributed by atoms with E-state index in [0.717, 1.165) is 50.2 Å². The number of para-hydroxylation sites is 1. The molecule has 0 saturated carbocycles. The van der Waals surface area contributed by atoms with Crippen LogP contribution in [0, 0.1) is 5.92 Å². The van der Waals surface area contributed by atoms with Crippen LogP contribution in [0.15, 0.2) is 67.1 Å². The summed E-state index contributed by atoms with van der Waals surface area (Å²) in [6.45, 7) is 1.62. The first-order chi connectivity index (χ1) is 14.2. The lowest BCUT2D eigenvalue weighted by molar-refractivity contribution is 0.0679. The van der Waals surface area contributed by atoms with Gasteiger partial charge >= 0.3 is 0 Å². The minimum atomic E-state index is 0.0694. The number of carbonyl (C=O) groups is 1. The maximum Gasteiger partial charge on any atom is 0.272 e. The number of benzene rings is 2. The smallest absolute Gasteiger partial charge is 0.272 e. The Balaban J connectivity index is 1.32. The number of methoxy groups -OCH3 is 1. The van der Waals surface area contributed by atoms with Gasteiger partial charge in [0.1, 0.15) is 11.4 Å². The molecule has 1 aliphatic rings. The van der Waals surface area contributed by atoms with E-state index in [1.54, 1.807) is 19.6 Å². The third-order valence-corrected chi connectivity index (χ3v) is 5.79. The lowest BCUT2D eigenvalue weighted by Gasteiger charge is -2.32. The molecule has 0 aliphatic carbocycles. The second kappa shape index (κ2) is 8.95. The number of ether oxygens (including phenoxy) is 1. The van der Waals surface area contributed by atoms with E-state index in [4.69, 9.17) is 4.74 Å². The molecule has 0 atom stereocenters. The fourth-order valence-corrected chi connectivity index (χ4v) is 4.00. The number of piperidine rings is 1. The fourth-order valence-electron chi connectivity index (χ4n) is 4.00. The fraction of sp³-hybridized carbons (Fsp3) is 0.333. The molecule has 0 unspecified atom stereocenters. The predicted octanol–water partition coefficient (Wildman–Crippen LogP) is 4.37. The zero-order chi connectivity index (χ0) is 20.1. The molecule has 4 rings (SSSR count). The van der Waals surface area contributed by atoms with Crippen LogP contribution in [0.3, 0.4) is 0 Å². The Bertz CT molecular complexity index is 926. The van der Waals surface area contributed by atoms with Crippen molar-refractivity contribution >= 4 is 5.91 Å². The van der Waals surface area contributed by atoms with Crippen LogP contribution in [0.2, 0.25) is 0 Å². The summed E-state index contributed by atoms with van der Waals surface area (Å²) in [7, 11) is 1.69. The van der Waals surface area contributed by atoms with Gasteiger partial charge in [0.2, 0.25) is 0 Å². The first-order valence-electron chi connectivity index (χ1n) is 10.2. The number of hydrogen-bond acceptors (Lipinski definition) is 3. The van der Waals surface area contributed by atoms with Crippen molar-refractivity contribution in [3.05, 3.63) is 78.4 Å². The van der Waals surface area contributed by atoms with Gasteiger partial charge in [0.05, 0.1) is 19.6 Å². The van der Waals surface area contributed by atoms with Gasteiger partial charge in [-0.1, -0.05) is 30.3 Å². The van der Waals surface area contributed by atoms with Crippen LogP contribution in [0.4, 0.5) is 0 Å². The van der Waals surface area contributed by atoms with E-state index >= 15 is 0 Å². The molecule has 0 N–H and O–H groups in total. The average Bonchev–Trinajstić information content (AvgIpc) is 3.28. The van der Waals surface area contributed by atoms with Crippen molar-refractivity contribution in [3.8, 4) is 11.4 Å². The van der Waals surface area contributed by atoms with Gasteiger partial charge in [0.15, 0.2) is 0 Å². The molecule has 1 amide bonds. The van der Waals surface area contributed by atoms with E-state index in [9.17, 15) is 4.79 Å². The van der Waals surface area contributed by atoms with Gasteiger partial charge in [-0.05, 0) is 61.4 Å². The van der Waals surface area contributed by atoms with Crippen molar-refractivity contribution in [2.24, 2.45) is 5.92 Å². The lowest BCUT2D eigenvalue weighted by atomic mass is 9.90. The van der Waals surface area contributed by atoms with Crippen molar-refractivity contribution in [1.29, 1.82) is 0 Å². The molecule has 1 aromatic heterocycles. The van der Waals surface area contributed by atoms with E-state index in [2.05, 4.69) is 17.1 Å². The van der Waals surface area contributed by atoms with E-state index in [0.29, 0.717) is 11.6 Å². The topological polar surface area (TPSA) is 47.4 Å². The average molecular weight is 389 g/mol. The summed E-state index contributed by atoms with van der Waals surface area (Å²) in [6.07, 6.45) is 7.73. The molecular formula is C24H27N3O2. The molecule has 0 radical (unpaired) electrons. The Labute approximate surface area is 171 Å². The third-order valence-electron chi connectivity index (χ3n) is 5.79. The number of imidazole rings is 1. The Morgan fingerprint density at radius 3 is 2.48 bits per heavy atom. The quantitative estimate of drug-likeness (QED) is 0.629. The summed E-state index contributed by atoms with van der Waals surface area (Å²) >= 11 is 0. The Morgan fingerprint density at radius 2 is 1.79 bits per heavy atom. The number of hydrogen-bond donors (Lipinski definition) is 0. The van der Waals surface area contributed by atoms with Crippen LogP contribution < -0.4 is 4.74 Å². The summed E-state index contributed by atoms with van der Waals surface area (Å²) in [5.74, 6) is 1.63. The molecule has 0 spiro atoms.